The van der Waals surface area contributed by atoms with E-state index in [1.54, 1.807) is 47.3 Å². The van der Waals surface area contributed by atoms with E-state index in [-0.39, 0.29) is 24.9 Å². The molecule has 0 radical (unpaired) electrons. The molecule has 268 valence electrons. The Labute approximate surface area is 300 Å². The van der Waals surface area contributed by atoms with E-state index in [1.165, 1.54) is 0 Å². The van der Waals surface area contributed by atoms with Crippen molar-refractivity contribution in [1.82, 2.24) is 39.5 Å². The summed E-state index contributed by atoms with van der Waals surface area (Å²) in [6.45, 7) is -0.0120. The molecule has 4 heterocycles. The topological polar surface area (TPSA) is 194 Å². The van der Waals surface area contributed by atoms with Gasteiger partial charge < -0.3 is 30.3 Å². The van der Waals surface area contributed by atoms with Gasteiger partial charge in [0.15, 0.2) is 18.2 Å². The molecule has 2 saturated carbocycles. The number of aliphatic hydroxyl groups is 2. The highest BCUT2D eigenvalue weighted by molar-refractivity contribution is 5.87. The van der Waals surface area contributed by atoms with Crippen LogP contribution in [0, 0.1) is 11.3 Å². The van der Waals surface area contributed by atoms with Crippen molar-refractivity contribution in [3.8, 4) is 29.2 Å². The van der Waals surface area contributed by atoms with Gasteiger partial charge in [-0.25, -0.2) is 19.3 Å². The summed E-state index contributed by atoms with van der Waals surface area (Å²) in [5.41, 5.74) is 1.78. The summed E-state index contributed by atoms with van der Waals surface area (Å²) in [5, 5.41) is 45.4. The van der Waals surface area contributed by atoms with Crippen LogP contribution in [0.5, 0.6) is 11.5 Å². The van der Waals surface area contributed by atoms with Crippen molar-refractivity contribution in [2.45, 2.75) is 75.7 Å². The largest absolute Gasteiger partial charge is 0.496 e. The van der Waals surface area contributed by atoms with Gasteiger partial charge in [-0.3, -0.25) is 0 Å². The summed E-state index contributed by atoms with van der Waals surface area (Å²) in [6, 6.07) is 17.6. The van der Waals surface area contributed by atoms with Crippen molar-refractivity contribution in [3.05, 3.63) is 73.3 Å². The number of nitrogens with one attached hydrogen (secondary N) is 2. The molecule has 0 atom stereocenters. The van der Waals surface area contributed by atoms with Gasteiger partial charge in [0, 0.05) is 36.6 Å². The molecule has 0 saturated heterocycles. The first-order valence-corrected chi connectivity index (χ1v) is 17.5. The van der Waals surface area contributed by atoms with E-state index in [2.05, 4.69) is 40.8 Å². The fourth-order valence-corrected chi connectivity index (χ4v) is 6.71. The third kappa shape index (κ3) is 7.88. The standard InChI is InChI=1S/C19H20N6O2.C18H21N5O2/c20-9-11-27-17-3-1-2-16-15(17)12-22-25(16)18-8-10-21-19(24-18)23-13-4-6-14(26)7-5-13;1-25-16-4-2-3-15-14(16)11-20-23(15)17-9-10-19-18(22-17)21-12-5-7-13(24)8-6-12/h1-3,8,10,12-14,26H,4-7,11H2,(H,21,23,24);2-4,9-13,24H,5-8H2,1H3,(H,19,21,22). The Morgan fingerprint density at radius 3 is 1.67 bits per heavy atom. The first-order chi connectivity index (χ1) is 25.5. The van der Waals surface area contributed by atoms with Gasteiger partial charge in [-0.1, -0.05) is 12.1 Å². The van der Waals surface area contributed by atoms with Crippen LogP contribution in [0.3, 0.4) is 0 Å². The van der Waals surface area contributed by atoms with Crippen molar-refractivity contribution in [3.63, 3.8) is 0 Å². The Balaban J connectivity index is 0.000000162. The number of rotatable bonds is 9. The van der Waals surface area contributed by atoms with Crippen LogP contribution in [0.2, 0.25) is 0 Å². The second-order valence-electron chi connectivity index (χ2n) is 12.9. The van der Waals surface area contributed by atoms with Crippen molar-refractivity contribution < 1.29 is 19.7 Å². The van der Waals surface area contributed by atoms with E-state index in [0.29, 0.717) is 35.3 Å². The Hall–Kier alpha value is -5.85. The van der Waals surface area contributed by atoms with E-state index < -0.39 is 0 Å². The minimum Gasteiger partial charge on any atom is -0.496 e. The predicted octanol–water partition coefficient (Wildman–Crippen LogP) is 4.97. The fraction of sp³-hybridized carbons (Fsp3) is 0.378. The fourth-order valence-electron chi connectivity index (χ4n) is 6.71. The van der Waals surface area contributed by atoms with Gasteiger partial charge >= 0.3 is 0 Å². The number of aromatic nitrogens is 8. The molecule has 0 spiro atoms. The molecule has 0 aliphatic heterocycles. The van der Waals surface area contributed by atoms with Crippen LogP contribution in [-0.4, -0.2) is 87.7 Å². The van der Waals surface area contributed by atoms with Crippen LogP contribution in [0.4, 0.5) is 11.9 Å². The van der Waals surface area contributed by atoms with Gasteiger partial charge in [0.2, 0.25) is 11.9 Å². The van der Waals surface area contributed by atoms with Crippen LogP contribution in [0.25, 0.3) is 33.4 Å². The van der Waals surface area contributed by atoms with Gasteiger partial charge in [-0.05, 0) is 75.6 Å². The summed E-state index contributed by atoms with van der Waals surface area (Å²) in [5.74, 6) is 3.90. The maximum Gasteiger partial charge on any atom is 0.224 e. The lowest BCUT2D eigenvalue weighted by Crippen LogP contribution is -2.29. The van der Waals surface area contributed by atoms with Crippen molar-refractivity contribution in [2.24, 2.45) is 0 Å². The van der Waals surface area contributed by atoms with E-state index >= 15 is 0 Å². The summed E-state index contributed by atoms with van der Waals surface area (Å²) in [4.78, 5) is 17.8. The molecule has 52 heavy (non-hydrogen) atoms. The highest BCUT2D eigenvalue weighted by atomic mass is 16.5. The normalized spacial score (nSPS) is 20.0. The molecular weight excluding hydrogens is 662 g/mol. The maximum absolute atomic E-state index is 9.64. The van der Waals surface area contributed by atoms with E-state index in [9.17, 15) is 10.2 Å². The van der Waals surface area contributed by atoms with Crippen LogP contribution >= 0.6 is 0 Å². The average molecular weight is 704 g/mol. The monoisotopic (exact) mass is 703 g/mol. The second-order valence-corrected chi connectivity index (χ2v) is 12.9. The lowest BCUT2D eigenvalue weighted by molar-refractivity contribution is 0.125. The third-order valence-corrected chi connectivity index (χ3v) is 9.43. The Morgan fingerprint density at radius 1 is 0.712 bits per heavy atom. The highest BCUT2D eigenvalue weighted by Crippen LogP contribution is 2.29. The minimum absolute atomic E-state index is 0.0120. The SMILES string of the molecule is COc1cccc2c1cnn2-c1ccnc(NC2CCC(O)CC2)n1.N#CCOc1cccc2c1cnn2-c1ccnc(NC2CCC(O)CC2)n1. The number of fused-ring (bicyclic) bond motifs is 2. The smallest absolute Gasteiger partial charge is 0.224 e. The van der Waals surface area contributed by atoms with Gasteiger partial charge in [0.1, 0.15) is 17.6 Å². The minimum atomic E-state index is -0.191. The number of methoxy groups -OCH3 is 1. The molecule has 2 aliphatic rings. The number of nitrogens with zero attached hydrogens (tertiary/aromatic N) is 9. The second kappa shape index (κ2) is 16.0. The number of hydrogen-bond acceptors (Lipinski definition) is 13. The van der Waals surface area contributed by atoms with Crippen molar-refractivity contribution in [1.29, 1.82) is 5.26 Å². The van der Waals surface area contributed by atoms with Gasteiger partial charge in [0.05, 0.1) is 53.5 Å². The highest BCUT2D eigenvalue weighted by Gasteiger charge is 2.21. The number of anilines is 2. The third-order valence-electron chi connectivity index (χ3n) is 9.43. The molecule has 2 aliphatic carbocycles. The van der Waals surface area contributed by atoms with E-state index in [1.807, 2.05) is 48.5 Å². The Bertz CT molecular complexity index is 2150. The first kappa shape index (κ1) is 34.6. The zero-order valence-electron chi connectivity index (χ0n) is 28.8. The molecule has 4 N–H and O–H groups in total. The lowest BCUT2D eigenvalue weighted by Gasteiger charge is -2.26. The summed E-state index contributed by atoms with van der Waals surface area (Å²) in [6.07, 6.45) is 13.5. The Kier molecular flexibility index (Phi) is 10.6. The molecule has 0 unspecified atom stereocenters. The van der Waals surface area contributed by atoms with Crippen LogP contribution in [-0.2, 0) is 0 Å². The Morgan fingerprint density at radius 2 is 1.19 bits per heavy atom. The van der Waals surface area contributed by atoms with Gasteiger partial charge in [-0.2, -0.15) is 25.4 Å². The quantitative estimate of drug-likeness (QED) is 0.158. The number of hydrogen-bond donors (Lipinski definition) is 4. The van der Waals surface area contributed by atoms with Crippen molar-refractivity contribution in [2.75, 3.05) is 24.4 Å². The summed E-state index contributed by atoms with van der Waals surface area (Å²) >= 11 is 0. The zero-order chi connectivity index (χ0) is 35.9. The number of benzene rings is 2. The molecule has 0 bridgehead atoms. The molecule has 0 amide bonds. The molecule has 2 aromatic carbocycles. The zero-order valence-corrected chi connectivity index (χ0v) is 28.8. The predicted molar refractivity (Wildman–Crippen MR) is 195 cm³/mol. The molecule has 2 fully saturated rings. The average Bonchev–Trinajstić information content (AvgIpc) is 3.82. The molecule has 15 heteroatoms. The van der Waals surface area contributed by atoms with Crippen molar-refractivity contribution >= 4 is 33.7 Å². The van der Waals surface area contributed by atoms with E-state index in [0.717, 1.165) is 78.9 Å². The first-order valence-electron chi connectivity index (χ1n) is 17.5. The van der Waals surface area contributed by atoms with E-state index in [4.69, 9.17) is 14.7 Å². The van der Waals surface area contributed by atoms with Gasteiger partial charge in [-0.15, -0.1) is 0 Å². The maximum atomic E-state index is 9.64. The lowest BCUT2D eigenvalue weighted by atomic mass is 9.93. The number of ether oxygens (including phenoxy) is 2. The van der Waals surface area contributed by atoms with Crippen LogP contribution in [0.15, 0.2) is 73.3 Å². The number of nitriles is 1. The molecule has 8 rings (SSSR count). The molecule has 4 aromatic heterocycles. The molecule has 6 aromatic rings. The molecule has 15 nitrogen and oxygen atoms in total. The number of aliphatic hydroxyl groups excluding tert-OH is 2. The van der Waals surface area contributed by atoms with Crippen LogP contribution in [0.1, 0.15) is 51.4 Å². The van der Waals surface area contributed by atoms with Gasteiger partial charge in [0.25, 0.3) is 0 Å². The summed E-state index contributed by atoms with van der Waals surface area (Å²) in [7, 11) is 1.65. The van der Waals surface area contributed by atoms with Crippen LogP contribution < -0.4 is 20.1 Å². The summed E-state index contributed by atoms with van der Waals surface area (Å²) < 4.78 is 14.4. The molecular formula is C37H41N11O4.